The summed E-state index contributed by atoms with van der Waals surface area (Å²) < 4.78 is 0. The fraction of sp³-hybridized carbons (Fsp3) is 0.143. The summed E-state index contributed by atoms with van der Waals surface area (Å²) in [6.45, 7) is 2.75. The fourth-order valence-corrected chi connectivity index (χ4v) is 2.03. The van der Waals surface area contributed by atoms with E-state index in [0.717, 1.165) is 12.2 Å². The molecular weight excluding hydrogens is 246 g/mol. The van der Waals surface area contributed by atoms with Gasteiger partial charge in [-0.25, -0.2) is 4.98 Å². The van der Waals surface area contributed by atoms with Gasteiger partial charge in [0, 0.05) is 18.4 Å². The summed E-state index contributed by atoms with van der Waals surface area (Å²) in [4.78, 5) is 6.25. The quantitative estimate of drug-likeness (QED) is 0.840. The number of nitrogens with zero attached hydrogens (tertiary/aromatic N) is 3. The summed E-state index contributed by atoms with van der Waals surface area (Å²) in [6.07, 6.45) is 1.60. The molecule has 0 aliphatic heterocycles. The van der Waals surface area contributed by atoms with Crippen LogP contribution in [0.3, 0.4) is 0 Å². The van der Waals surface area contributed by atoms with Gasteiger partial charge in [0.05, 0.1) is 5.56 Å². The van der Waals surface area contributed by atoms with Gasteiger partial charge in [0.15, 0.2) is 5.82 Å². The predicted molar refractivity (Wildman–Crippen MR) is 73.1 cm³/mol. The number of anilines is 2. The number of pyridine rings is 1. The molecule has 0 aliphatic rings. The maximum atomic E-state index is 8.99. The molecular formula is C14H12ClN3. The molecule has 1 aromatic carbocycles. The van der Waals surface area contributed by atoms with Crippen LogP contribution in [0.5, 0.6) is 0 Å². The molecule has 1 heterocycles. The molecule has 0 N–H and O–H groups in total. The average Bonchev–Trinajstić information content (AvgIpc) is 2.43. The smallest absolute Gasteiger partial charge is 0.153 e. The largest absolute Gasteiger partial charge is 0.325 e. The van der Waals surface area contributed by atoms with E-state index >= 15 is 0 Å². The summed E-state index contributed by atoms with van der Waals surface area (Å²) in [6, 6.07) is 13.5. The molecule has 18 heavy (non-hydrogen) atoms. The first-order chi connectivity index (χ1) is 8.77. The molecule has 3 nitrogen and oxygen atoms in total. The first-order valence-electron chi connectivity index (χ1n) is 5.65. The van der Waals surface area contributed by atoms with Crippen molar-refractivity contribution < 1.29 is 0 Å². The van der Waals surface area contributed by atoms with Gasteiger partial charge < -0.3 is 4.90 Å². The summed E-state index contributed by atoms with van der Waals surface area (Å²) in [5, 5.41) is 9.38. The zero-order valence-corrected chi connectivity index (χ0v) is 10.7. The number of aromatic nitrogens is 1. The molecule has 2 aromatic rings. The van der Waals surface area contributed by atoms with Gasteiger partial charge in [-0.1, -0.05) is 29.8 Å². The molecule has 0 saturated heterocycles. The third-order valence-electron chi connectivity index (χ3n) is 2.63. The average molecular weight is 258 g/mol. The summed E-state index contributed by atoms with van der Waals surface area (Å²) in [5.41, 5.74) is 1.44. The van der Waals surface area contributed by atoms with E-state index in [1.165, 1.54) is 0 Å². The van der Waals surface area contributed by atoms with Crippen LogP contribution in [0.25, 0.3) is 0 Å². The Bertz CT molecular complexity index is 575. The molecule has 0 saturated carbocycles. The van der Waals surface area contributed by atoms with Crippen LogP contribution in [0.4, 0.5) is 11.5 Å². The monoisotopic (exact) mass is 257 g/mol. The van der Waals surface area contributed by atoms with Crippen molar-refractivity contribution in [2.24, 2.45) is 0 Å². The van der Waals surface area contributed by atoms with Gasteiger partial charge in [-0.05, 0) is 25.1 Å². The van der Waals surface area contributed by atoms with Gasteiger partial charge in [-0.15, -0.1) is 0 Å². The number of hydrogen-bond donors (Lipinski definition) is 0. The van der Waals surface area contributed by atoms with Crippen molar-refractivity contribution in [1.82, 2.24) is 4.98 Å². The first-order valence-corrected chi connectivity index (χ1v) is 6.03. The van der Waals surface area contributed by atoms with Crippen molar-refractivity contribution in [3.05, 3.63) is 53.2 Å². The van der Waals surface area contributed by atoms with Gasteiger partial charge in [-0.3, -0.25) is 0 Å². The van der Waals surface area contributed by atoms with E-state index in [2.05, 4.69) is 11.1 Å². The van der Waals surface area contributed by atoms with Crippen LogP contribution in [-0.2, 0) is 0 Å². The Hall–Kier alpha value is -2.05. The molecule has 4 heteroatoms. The maximum Gasteiger partial charge on any atom is 0.153 e. The molecule has 0 amide bonds. The minimum Gasteiger partial charge on any atom is -0.325 e. The molecule has 1 aromatic heterocycles. The van der Waals surface area contributed by atoms with Gasteiger partial charge in [0.25, 0.3) is 0 Å². The lowest BCUT2D eigenvalue weighted by Gasteiger charge is -2.23. The zero-order chi connectivity index (χ0) is 13.0. The maximum absolute atomic E-state index is 8.99. The minimum absolute atomic E-state index is 0.394. The highest BCUT2D eigenvalue weighted by Gasteiger charge is 2.14. The third-order valence-corrected chi connectivity index (χ3v) is 3.00. The molecule has 0 aliphatic carbocycles. The Labute approximate surface area is 111 Å². The number of rotatable bonds is 3. The topological polar surface area (TPSA) is 39.9 Å². The van der Waals surface area contributed by atoms with Gasteiger partial charge in [-0.2, -0.15) is 5.26 Å². The Morgan fingerprint density at radius 3 is 2.61 bits per heavy atom. The number of para-hydroxylation sites is 1. The van der Waals surface area contributed by atoms with Crippen molar-refractivity contribution in [2.45, 2.75) is 6.92 Å². The lowest BCUT2D eigenvalue weighted by Crippen LogP contribution is -2.17. The van der Waals surface area contributed by atoms with Crippen molar-refractivity contribution in [3.63, 3.8) is 0 Å². The van der Waals surface area contributed by atoms with Crippen LogP contribution in [0.1, 0.15) is 12.5 Å². The van der Waals surface area contributed by atoms with Crippen molar-refractivity contribution in [3.8, 4) is 6.07 Å². The van der Waals surface area contributed by atoms with E-state index in [4.69, 9.17) is 16.9 Å². The molecule has 0 bridgehead atoms. The Morgan fingerprint density at radius 1 is 1.28 bits per heavy atom. The van der Waals surface area contributed by atoms with Crippen LogP contribution in [0.2, 0.25) is 5.02 Å². The molecule has 0 fully saturated rings. The third kappa shape index (κ3) is 2.29. The van der Waals surface area contributed by atoms with Crippen LogP contribution in [-0.4, -0.2) is 11.5 Å². The highest BCUT2D eigenvalue weighted by atomic mass is 35.5. The predicted octanol–water partition coefficient (Wildman–Crippen LogP) is 3.76. The molecule has 0 unspecified atom stereocenters. The van der Waals surface area contributed by atoms with Crippen LogP contribution in [0, 0.1) is 11.3 Å². The van der Waals surface area contributed by atoms with Crippen LogP contribution >= 0.6 is 11.6 Å². The molecule has 2 rings (SSSR count). The second-order valence-corrected chi connectivity index (χ2v) is 4.07. The highest BCUT2D eigenvalue weighted by Crippen LogP contribution is 2.31. The molecule has 90 valence electrons. The van der Waals surface area contributed by atoms with E-state index in [9.17, 15) is 0 Å². The van der Waals surface area contributed by atoms with E-state index in [-0.39, 0.29) is 0 Å². The van der Waals surface area contributed by atoms with Crippen molar-refractivity contribution in [1.29, 1.82) is 5.26 Å². The number of hydrogen-bond acceptors (Lipinski definition) is 3. The minimum atomic E-state index is 0.394. The van der Waals surface area contributed by atoms with E-state index in [1.54, 1.807) is 12.3 Å². The van der Waals surface area contributed by atoms with Gasteiger partial charge >= 0.3 is 0 Å². The van der Waals surface area contributed by atoms with Gasteiger partial charge in [0.2, 0.25) is 0 Å². The summed E-state index contributed by atoms with van der Waals surface area (Å²) >= 11 is 6.21. The zero-order valence-electron chi connectivity index (χ0n) is 9.97. The Kier molecular flexibility index (Phi) is 3.81. The van der Waals surface area contributed by atoms with E-state index in [1.807, 2.05) is 42.2 Å². The lowest BCUT2D eigenvalue weighted by atomic mass is 10.2. The Morgan fingerprint density at radius 2 is 2.00 bits per heavy atom. The number of benzene rings is 1. The number of nitriles is 1. The number of halogens is 1. The standard InChI is InChI=1S/C14H12ClN3/c1-2-18(12-6-4-3-5-7-12)14-13(15)11(10-16)8-9-17-14/h3-9H,2H2,1H3. The summed E-state index contributed by atoms with van der Waals surface area (Å²) in [5.74, 6) is 0.615. The van der Waals surface area contributed by atoms with Gasteiger partial charge in [0.1, 0.15) is 11.1 Å². The summed E-state index contributed by atoms with van der Waals surface area (Å²) in [7, 11) is 0. The van der Waals surface area contributed by atoms with Crippen LogP contribution < -0.4 is 4.90 Å². The second kappa shape index (κ2) is 5.52. The first kappa shape index (κ1) is 12.4. The second-order valence-electron chi connectivity index (χ2n) is 3.69. The van der Waals surface area contributed by atoms with E-state index in [0.29, 0.717) is 16.4 Å². The van der Waals surface area contributed by atoms with E-state index < -0.39 is 0 Å². The SMILES string of the molecule is CCN(c1ccccc1)c1nccc(C#N)c1Cl. The molecule has 0 atom stereocenters. The molecule has 0 radical (unpaired) electrons. The Balaban J connectivity index is 2.50. The van der Waals surface area contributed by atoms with Crippen molar-refractivity contribution in [2.75, 3.05) is 11.4 Å². The normalized spacial score (nSPS) is 9.83. The fourth-order valence-electron chi connectivity index (χ4n) is 1.77. The lowest BCUT2D eigenvalue weighted by molar-refractivity contribution is 0.989. The molecule has 0 spiro atoms. The highest BCUT2D eigenvalue weighted by molar-refractivity contribution is 6.34. The van der Waals surface area contributed by atoms with Crippen molar-refractivity contribution >= 4 is 23.1 Å². The van der Waals surface area contributed by atoms with Crippen LogP contribution in [0.15, 0.2) is 42.6 Å².